The van der Waals surface area contributed by atoms with Crippen LogP contribution in [-0.4, -0.2) is 48.8 Å². The largest absolute Gasteiger partial charge is 0.392 e. The molecule has 2 unspecified atom stereocenters. The van der Waals surface area contributed by atoms with Crippen molar-refractivity contribution in [1.29, 1.82) is 0 Å². The van der Waals surface area contributed by atoms with Crippen molar-refractivity contribution in [2.45, 2.75) is 26.1 Å². The van der Waals surface area contributed by atoms with E-state index in [1.807, 2.05) is 0 Å². The molecule has 4 heteroatoms. The van der Waals surface area contributed by atoms with E-state index in [0.29, 0.717) is 6.54 Å². The van der Waals surface area contributed by atoms with Crippen LogP contribution >= 0.6 is 0 Å². The normalized spacial score (nSPS) is 15.4. The summed E-state index contributed by atoms with van der Waals surface area (Å²) in [4.78, 5) is 12.8. The molecule has 0 heterocycles. The molecule has 0 saturated carbocycles. The lowest BCUT2D eigenvalue weighted by Gasteiger charge is -2.21. The summed E-state index contributed by atoms with van der Waals surface area (Å²) in [5.74, 6) is -0.113. The van der Waals surface area contributed by atoms with Gasteiger partial charge >= 0.3 is 0 Å². The third-order valence-corrected chi connectivity index (χ3v) is 1.62. The van der Waals surface area contributed by atoms with Crippen LogP contribution in [0.4, 0.5) is 0 Å². The molecular formula is C8H17NO3. The number of aliphatic hydroxyl groups is 1. The van der Waals surface area contributed by atoms with Crippen molar-refractivity contribution in [2.75, 3.05) is 20.7 Å². The molecule has 0 aromatic carbocycles. The highest BCUT2D eigenvalue weighted by Crippen LogP contribution is 1.96. The zero-order valence-electron chi connectivity index (χ0n) is 8.07. The summed E-state index contributed by atoms with van der Waals surface area (Å²) >= 11 is 0. The summed E-state index contributed by atoms with van der Waals surface area (Å²) in [5, 5.41) is 8.99. The first kappa shape index (κ1) is 11.4. The smallest absolute Gasteiger partial charge is 0.251 e. The first-order valence-electron chi connectivity index (χ1n) is 3.94. The molecular weight excluding hydrogens is 158 g/mol. The van der Waals surface area contributed by atoms with E-state index in [9.17, 15) is 4.79 Å². The molecule has 0 saturated heterocycles. The number of hydrogen-bond donors (Lipinski definition) is 1. The van der Waals surface area contributed by atoms with E-state index in [-0.39, 0.29) is 5.91 Å². The Kier molecular flexibility index (Phi) is 4.85. The van der Waals surface area contributed by atoms with Gasteiger partial charge in [0.05, 0.1) is 6.10 Å². The number of nitrogens with zero attached hydrogens (tertiary/aromatic N) is 1. The average molecular weight is 175 g/mol. The van der Waals surface area contributed by atoms with E-state index in [4.69, 9.17) is 9.84 Å². The monoisotopic (exact) mass is 175 g/mol. The van der Waals surface area contributed by atoms with Gasteiger partial charge < -0.3 is 14.7 Å². The van der Waals surface area contributed by atoms with Crippen LogP contribution in [0.3, 0.4) is 0 Å². The lowest BCUT2D eigenvalue weighted by molar-refractivity contribution is -0.140. The molecule has 0 radical (unpaired) electrons. The van der Waals surface area contributed by atoms with Crippen LogP contribution in [0.2, 0.25) is 0 Å². The minimum Gasteiger partial charge on any atom is -0.392 e. The van der Waals surface area contributed by atoms with Crippen molar-refractivity contribution in [3.8, 4) is 0 Å². The Balaban J connectivity index is 3.92. The van der Waals surface area contributed by atoms with Gasteiger partial charge in [0.25, 0.3) is 5.91 Å². The van der Waals surface area contributed by atoms with Gasteiger partial charge in [-0.2, -0.15) is 0 Å². The Morgan fingerprint density at radius 3 is 2.42 bits per heavy atom. The summed E-state index contributed by atoms with van der Waals surface area (Å²) in [6, 6.07) is 0. The lowest BCUT2D eigenvalue weighted by atomic mass is 10.3. The molecule has 0 spiro atoms. The van der Waals surface area contributed by atoms with E-state index >= 15 is 0 Å². The molecule has 2 atom stereocenters. The minimum absolute atomic E-state index is 0.113. The molecule has 1 N–H and O–H groups in total. The first-order valence-corrected chi connectivity index (χ1v) is 3.94. The second-order valence-electron chi connectivity index (χ2n) is 2.95. The fourth-order valence-electron chi connectivity index (χ4n) is 0.897. The van der Waals surface area contributed by atoms with Crippen LogP contribution < -0.4 is 0 Å². The standard InChI is InChI=1S/C8H17NO3/c1-6(10)5-9(3)8(11)7(2)12-4/h6-7,10H,5H2,1-4H3. The molecule has 0 aromatic heterocycles. The number of rotatable bonds is 4. The Hall–Kier alpha value is -0.610. The number of carbonyl (C=O) groups excluding carboxylic acids is 1. The number of amides is 1. The van der Waals surface area contributed by atoms with E-state index < -0.39 is 12.2 Å². The first-order chi connectivity index (χ1) is 5.49. The Morgan fingerprint density at radius 2 is 2.08 bits per heavy atom. The molecule has 0 fully saturated rings. The van der Waals surface area contributed by atoms with Crippen molar-refractivity contribution in [3.63, 3.8) is 0 Å². The van der Waals surface area contributed by atoms with Crippen molar-refractivity contribution < 1.29 is 14.6 Å². The SMILES string of the molecule is COC(C)C(=O)N(C)CC(C)O. The zero-order chi connectivity index (χ0) is 9.72. The van der Waals surface area contributed by atoms with Gasteiger partial charge in [-0.3, -0.25) is 4.79 Å². The third-order valence-electron chi connectivity index (χ3n) is 1.62. The van der Waals surface area contributed by atoms with Crippen LogP contribution in [0.15, 0.2) is 0 Å². The van der Waals surface area contributed by atoms with Crippen molar-refractivity contribution >= 4 is 5.91 Å². The number of carbonyl (C=O) groups is 1. The van der Waals surface area contributed by atoms with Crippen molar-refractivity contribution in [1.82, 2.24) is 4.90 Å². The minimum atomic E-state index is -0.497. The number of likely N-dealkylation sites (N-methyl/N-ethyl adjacent to an activating group) is 1. The maximum Gasteiger partial charge on any atom is 0.251 e. The predicted molar refractivity (Wildman–Crippen MR) is 45.8 cm³/mol. The molecule has 1 amide bonds. The van der Waals surface area contributed by atoms with Gasteiger partial charge in [-0.1, -0.05) is 0 Å². The van der Waals surface area contributed by atoms with Gasteiger partial charge in [0.15, 0.2) is 0 Å². The molecule has 4 nitrogen and oxygen atoms in total. The molecule has 72 valence electrons. The number of aliphatic hydroxyl groups excluding tert-OH is 1. The van der Waals surface area contributed by atoms with Gasteiger partial charge in [0.1, 0.15) is 6.10 Å². The zero-order valence-corrected chi connectivity index (χ0v) is 8.07. The number of ether oxygens (including phenoxy) is 1. The van der Waals surface area contributed by atoms with E-state index in [1.165, 1.54) is 12.0 Å². The highest BCUT2D eigenvalue weighted by Gasteiger charge is 2.17. The van der Waals surface area contributed by atoms with Gasteiger partial charge in [-0.05, 0) is 13.8 Å². The summed E-state index contributed by atoms with van der Waals surface area (Å²) in [7, 11) is 3.13. The highest BCUT2D eigenvalue weighted by atomic mass is 16.5. The van der Waals surface area contributed by atoms with E-state index in [2.05, 4.69) is 0 Å². The molecule has 0 aliphatic carbocycles. The summed E-state index contributed by atoms with van der Waals surface area (Å²) < 4.78 is 4.84. The maximum atomic E-state index is 11.3. The summed E-state index contributed by atoms with van der Waals surface area (Å²) in [6.45, 7) is 3.66. The van der Waals surface area contributed by atoms with Crippen LogP contribution in [0.5, 0.6) is 0 Å². The molecule has 0 aliphatic rings. The second kappa shape index (κ2) is 5.11. The molecule has 0 aliphatic heterocycles. The average Bonchev–Trinajstić information content (AvgIpc) is 2.00. The number of methoxy groups -OCH3 is 1. The van der Waals surface area contributed by atoms with Gasteiger partial charge in [0.2, 0.25) is 0 Å². The van der Waals surface area contributed by atoms with Gasteiger partial charge in [0, 0.05) is 20.7 Å². The van der Waals surface area contributed by atoms with Crippen LogP contribution in [0.1, 0.15) is 13.8 Å². The van der Waals surface area contributed by atoms with Crippen molar-refractivity contribution in [2.24, 2.45) is 0 Å². The topological polar surface area (TPSA) is 49.8 Å². The molecule has 0 aromatic rings. The summed E-state index contributed by atoms with van der Waals surface area (Å²) in [6.07, 6.45) is -0.934. The van der Waals surface area contributed by atoms with Crippen LogP contribution in [-0.2, 0) is 9.53 Å². The fourth-order valence-corrected chi connectivity index (χ4v) is 0.897. The molecule has 0 bridgehead atoms. The second-order valence-corrected chi connectivity index (χ2v) is 2.95. The van der Waals surface area contributed by atoms with Crippen LogP contribution in [0.25, 0.3) is 0 Å². The van der Waals surface area contributed by atoms with Gasteiger partial charge in [-0.25, -0.2) is 0 Å². The lowest BCUT2D eigenvalue weighted by Crippen LogP contribution is -2.39. The Bertz CT molecular complexity index is 147. The van der Waals surface area contributed by atoms with E-state index in [1.54, 1.807) is 20.9 Å². The fraction of sp³-hybridized carbons (Fsp3) is 0.875. The number of hydrogen-bond acceptors (Lipinski definition) is 3. The Labute approximate surface area is 73.1 Å². The Morgan fingerprint density at radius 1 is 1.58 bits per heavy atom. The quantitative estimate of drug-likeness (QED) is 0.647. The summed E-state index contributed by atoms with van der Waals surface area (Å²) in [5.41, 5.74) is 0. The predicted octanol–water partition coefficient (Wildman–Crippen LogP) is -0.139. The molecule has 12 heavy (non-hydrogen) atoms. The van der Waals surface area contributed by atoms with Crippen molar-refractivity contribution in [3.05, 3.63) is 0 Å². The van der Waals surface area contributed by atoms with Gasteiger partial charge in [-0.15, -0.1) is 0 Å². The highest BCUT2D eigenvalue weighted by molar-refractivity contribution is 5.80. The van der Waals surface area contributed by atoms with E-state index in [0.717, 1.165) is 0 Å². The maximum absolute atomic E-state index is 11.3. The van der Waals surface area contributed by atoms with Crippen LogP contribution in [0, 0.1) is 0 Å². The molecule has 0 rings (SSSR count). The third kappa shape index (κ3) is 3.69.